The molecule has 1 aliphatic heterocycles. The molecule has 1 heterocycles. The van der Waals surface area contributed by atoms with Gasteiger partial charge in [0.1, 0.15) is 12.6 Å². The van der Waals surface area contributed by atoms with E-state index >= 15 is 0 Å². The van der Waals surface area contributed by atoms with Gasteiger partial charge in [-0.15, -0.1) is 0 Å². The zero-order valence-electron chi connectivity index (χ0n) is 9.57. The lowest BCUT2D eigenvalue weighted by molar-refractivity contribution is -0.175. The Morgan fingerprint density at radius 2 is 2.06 bits per heavy atom. The van der Waals surface area contributed by atoms with Crippen molar-refractivity contribution in [2.75, 3.05) is 19.8 Å². The number of hydrogen-bond acceptors (Lipinski definition) is 3. The molecule has 1 unspecified atom stereocenters. The highest BCUT2D eigenvalue weighted by atomic mass is 19.4. The van der Waals surface area contributed by atoms with Crippen LogP contribution >= 0.6 is 0 Å². The molecule has 1 amide bonds. The van der Waals surface area contributed by atoms with E-state index in [9.17, 15) is 22.8 Å². The summed E-state index contributed by atoms with van der Waals surface area (Å²) < 4.78 is 39.6. The van der Waals surface area contributed by atoms with E-state index in [0.717, 1.165) is 0 Å². The summed E-state index contributed by atoms with van der Waals surface area (Å²) in [7, 11) is 0. The monoisotopic (exact) mass is 269 g/mol. The van der Waals surface area contributed by atoms with Crippen LogP contribution in [-0.2, 0) is 14.3 Å². The van der Waals surface area contributed by atoms with E-state index in [1.54, 1.807) is 0 Å². The Kier molecular flexibility index (Phi) is 4.94. The fourth-order valence-electron chi connectivity index (χ4n) is 1.81. The standard InChI is InChI=1S/C10H14F3NO4/c11-10(12,13)6-18-5-3-8(15)14-4-1-2-7(14)9(16)17/h7H,1-6H2,(H,16,17). The van der Waals surface area contributed by atoms with Gasteiger partial charge >= 0.3 is 12.1 Å². The normalized spacial score (nSPS) is 20.2. The molecule has 1 N–H and O–H groups in total. The minimum Gasteiger partial charge on any atom is -0.480 e. The fourth-order valence-corrected chi connectivity index (χ4v) is 1.81. The number of hydrogen-bond donors (Lipinski definition) is 1. The van der Waals surface area contributed by atoms with Crippen LogP contribution in [0.5, 0.6) is 0 Å². The number of carbonyl (C=O) groups is 2. The van der Waals surface area contributed by atoms with Crippen molar-refractivity contribution in [1.29, 1.82) is 0 Å². The second-order valence-corrected chi connectivity index (χ2v) is 4.00. The molecule has 5 nitrogen and oxygen atoms in total. The fraction of sp³-hybridized carbons (Fsp3) is 0.800. The number of carbonyl (C=O) groups excluding carboxylic acids is 1. The van der Waals surface area contributed by atoms with E-state index in [1.807, 2.05) is 0 Å². The minimum atomic E-state index is -4.42. The molecule has 1 fully saturated rings. The number of alkyl halides is 3. The van der Waals surface area contributed by atoms with Crippen LogP contribution in [0.25, 0.3) is 0 Å². The van der Waals surface area contributed by atoms with Crippen LogP contribution in [0.4, 0.5) is 13.2 Å². The lowest BCUT2D eigenvalue weighted by Gasteiger charge is -2.21. The lowest BCUT2D eigenvalue weighted by Crippen LogP contribution is -2.40. The molecule has 104 valence electrons. The molecule has 0 aromatic heterocycles. The van der Waals surface area contributed by atoms with Crippen LogP contribution < -0.4 is 0 Å². The van der Waals surface area contributed by atoms with Crippen LogP contribution in [0.15, 0.2) is 0 Å². The molecule has 0 aliphatic carbocycles. The molecular weight excluding hydrogens is 255 g/mol. The summed E-state index contributed by atoms with van der Waals surface area (Å²) in [6.45, 7) is -1.43. The summed E-state index contributed by atoms with van der Waals surface area (Å²) in [6.07, 6.45) is -3.68. The molecule has 8 heteroatoms. The van der Waals surface area contributed by atoms with Crippen molar-refractivity contribution in [3.8, 4) is 0 Å². The Morgan fingerprint density at radius 3 is 2.61 bits per heavy atom. The van der Waals surface area contributed by atoms with Crippen molar-refractivity contribution in [2.45, 2.75) is 31.5 Å². The molecule has 18 heavy (non-hydrogen) atoms. The van der Waals surface area contributed by atoms with Gasteiger partial charge in [-0.2, -0.15) is 13.2 Å². The van der Waals surface area contributed by atoms with Gasteiger partial charge in [0.25, 0.3) is 0 Å². The largest absolute Gasteiger partial charge is 0.480 e. The molecule has 0 saturated carbocycles. The third kappa shape index (κ3) is 4.52. The number of carboxylic acids is 1. The van der Waals surface area contributed by atoms with Gasteiger partial charge in [0.2, 0.25) is 5.91 Å². The molecule has 0 bridgehead atoms. The van der Waals surface area contributed by atoms with Gasteiger partial charge in [0, 0.05) is 6.54 Å². The zero-order valence-corrected chi connectivity index (χ0v) is 9.57. The number of nitrogens with zero attached hydrogens (tertiary/aromatic N) is 1. The summed E-state index contributed by atoms with van der Waals surface area (Å²) in [4.78, 5) is 23.6. The van der Waals surface area contributed by atoms with Crippen molar-refractivity contribution in [1.82, 2.24) is 4.90 Å². The molecule has 1 saturated heterocycles. The molecule has 1 atom stereocenters. The number of likely N-dealkylation sites (tertiary alicyclic amines) is 1. The van der Waals surface area contributed by atoms with Crippen LogP contribution in [0.1, 0.15) is 19.3 Å². The van der Waals surface area contributed by atoms with E-state index in [2.05, 4.69) is 4.74 Å². The molecule has 1 rings (SSSR count). The van der Waals surface area contributed by atoms with E-state index < -0.39 is 30.7 Å². The molecule has 1 aliphatic rings. The minimum absolute atomic E-state index is 0.236. The average molecular weight is 269 g/mol. The van der Waals surface area contributed by atoms with Gasteiger partial charge in [-0.3, -0.25) is 4.79 Å². The summed E-state index contributed by atoms with van der Waals surface area (Å²) in [5.41, 5.74) is 0. The zero-order chi connectivity index (χ0) is 13.8. The Balaban J connectivity index is 2.30. The SMILES string of the molecule is O=C(O)C1CCCN1C(=O)CCOCC(F)(F)F. The number of amides is 1. The quantitative estimate of drug-likeness (QED) is 0.757. The Hall–Kier alpha value is -1.31. The van der Waals surface area contributed by atoms with Crippen LogP contribution in [-0.4, -0.2) is 53.9 Å². The highest BCUT2D eigenvalue weighted by molar-refractivity contribution is 5.84. The van der Waals surface area contributed by atoms with Crippen LogP contribution in [0, 0.1) is 0 Å². The predicted octanol–water partition coefficient (Wildman–Crippen LogP) is 1.03. The number of carboxylic acid groups (broad SMARTS) is 1. The molecular formula is C10H14F3NO4. The smallest absolute Gasteiger partial charge is 0.411 e. The Labute approximate surface area is 102 Å². The van der Waals surface area contributed by atoms with Crippen molar-refractivity contribution < 1.29 is 32.6 Å². The van der Waals surface area contributed by atoms with E-state index in [-0.39, 0.29) is 13.0 Å². The number of halogens is 3. The van der Waals surface area contributed by atoms with Gasteiger partial charge in [-0.25, -0.2) is 4.79 Å². The van der Waals surface area contributed by atoms with Crippen LogP contribution in [0.2, 0.25) is 0 Å². The molecule has 0 aromatic carbocycles. The number of ether oxygens (including phenoxy) is 1. The lowest BCUT2D eigenvalue weighted by atomic mass is 10.2. The van der Waals surface area contributed by atoms with Gasteiger partial charge < -0.3 is 14.7 Å². The van der Waals surface area contributed by atoms with Crippen molar-refractivity contribution >= 4 is 11.9 Å². The van der Waals surface area contributed by atoms with Gasteiger partial charge in [-0.05, 0) is 12.8 Å². The average Bonchev–Trinajstić information content (AvgIpc) is 2.71. The summed E-state index contributed by atoms with van der Waals surface area (Å²) in [5, 5.41) is 8.84. The summed E-state index contributed by atoms with van der Waals surface area (Å²) >= 11 is 0. The third-order valence-electron chi connectivity index (χ3n) is 2.58. The van der Waals surface area contributed by atoms with Gasteiger partial charge in [0.15, 0.2) is 0 Å². The summed E-state index contributed by atoms with van der Waals surface area (Å²) in [5.74, 6) is -1.57. The maximum absolute atomic E-state index is 11.8. The number of rotatable bonds is 5. The first-order valence-corrected chi connectivity index (χ1v) is 5.48. The maximum atomic E-state index is 11.8. The maximum Gasteiger partial charge on any atom is 0.411 e. The van der Waals surface area contributed by atoms with Gasteiger partial charge in [-0.1, -0.05) is 0 Å². The molecule has 0 radical (unpaired) electrons. The highest BCUT2D eigenvalue weighted by Gasteiger charge is 2.33. The highest BCUT2D eigenvalue weighted by Crippen LogP contribution is 2.19. The van der Waals surface area contributed by atoms with E-state index in [1.165, 1.54) is 4.90 Å². The second-order valence-electron chi connectivity index (χ2n) is 4.00. The second kappa shape index (κ2) is 6.03. The van der Waals surface area contributed by atoms with Gasteiger partial charge in [0.05, 0.1) is 13.0 Å². The van der Waals surface area contributed by atoms with E-state index in [0.29, 0.717) is 19.4 Å². The van der Waals surface area contributed by atoms with Crippen molar-refractivity contribution in [3.05, 3.63) is 0 Å². The molecule has 0 spiro atoms. The summed E-state index contributed by atoms with van der Waals surface area (Å²) in [6, 6.07) is -0.861. The third-order valence-corrected chi connectivity index (χ3v) is 2.58. The number of aliphatic carboxylic acids is 1. The predicted molar refractivity (Wildman–Crippen MR) is 53.9 cm³/mol. The first-order chi connectivity index (χ1) is 8.31. The Bertz CT molecular complexity index is 319. The first kappa shape index (κ1) is 14.7. The molecule has 0 aromatic rings. The van der Waals surface area contributed by atoms with E-state index in [4.69, 9.17) is 5.11 Å². The van der Waals surface area contributed by atoms with Crippen molar-refractivity contribution in [3.63, 3.8) is 0 Å². The first-order valence-electron chi connectivity index (χ1n) is 5.48. The topological polar surface area (TPSA) is 66.8 Å². The van der Waals surface area contributed by atoms with Crippen molar-refractivity contribution in [2.24, 2.45) is 0 Å². The van der Waals surface area contributed by atoms with Crippen LogP contribution in [0.3, 0.4) is 0 Å². The Morgan fingerprint density at radius 1 is 1.39 bits per heavy atom.